The monoisotopic (exact) mass is 386 g/mol. The first-order valence-electron chi connectivity index (χ1n) is 5.67. The molecule has 0 saturated heterocycles. The molecule has 0 bridgehead atoms. The van der Waals surface area contributed by atoms with Gasteiger partial charge in [0.05, 0.1) is 15.8 Å². The molecule has 2 N–H and O–H groups in total. The number of nitrogen functional groups attached to an aromatic ring is 1. The molecule has 2 nitrogen and oxygen atoms in total. The largest absolute Gasteiger partial charge is 0.397 e. The predicted molar refractivity (Wildman–Crippen MR) is 84.8 cm³/mol. The second-order valence-corrected chi connectivity index (χ2v) is 6.08. The van der Waals surface area contributed by atoms with Crippen molar-refractivity contribution in [2.75, 3.05) is 17.7 Å². The molecule has 0 aliphatic heterocycles. The average molecular weight is 388 g/mol. The first-order chi connectivity index (χ1) is 8.97. The Morgan fingerprint density at radius 2 is 1.95 bits per heavy atom. The summed E-state index contributed by atoms with van der Waals surface area (Å²) in [5, 5.41) is 0. The lowest BCUT2D eigenvalue weighted by Crippen LogP contribution is -2.18. The Labute approximate surface area is 128 Å². The fourth-order valence-electron chi connectivity index (χ4n) is 1.88. The Kier molecular flexibility index (Phi) is 4.47. The smallest absolute Gasteiger partial charge is 0.139 e. The van der Waals surface area contributed by atoms with Crippen LogP contribution >= 0.6 is 31.9 Å². The number of anilines is 2. The van der Waals surface area contributed by atoms with Gasteiger partial charge in [-0.3, -0.25) is 0 Å². The number of hydrogen-bond donors (Lipinski definition) is 1. The number of benzene rings is 2. The van der Waals surface area contributed by atoms with Crippen LogP contribution in [0.3, 0.4) is 0 Å². The normalized spacial score (nSPS) is 10.5. The maximum atomic E-state index is 13.4. The Bertz CT molecular complexity index is 602. The Morgan fingerprint density at radius 1 is 1.21 bits per heavy atom. The zero-order chi connectivity index (χ0) is 14.0. The van der Waals surface area contributed by atoms with E-state index < -0.39 is 0 Å². The molecule has 2 aromatic carbocycles. The van der Waals surface area contributed by atoms with Crippen LogP contribution in [-0.4, -0.2) is 7.05 Å². The lowest BCUT2D eigenvalue weighted by Gasteiger charge is -2.22. The van der Waals surface area contributed by atoms with Crippen LogP contribution < -0.4 is 10.6 Å². The van der Waals surface area contributed by atoms with E-state index in [-0.39, 0.29) is 5.82 Å². The van der Waals surface area contributed by atoms with Crippen LogP contribution in [0.2, 0.25) is 0 Å². The molecule has 0 aromatic heterocycles. The summed E-state index contributed by atoms with van der Waals surface area (Å²) >= 11 is 6.62. The van der Waals surface area contributed by atoms with Crippen molar-refractivity contribution < 1.29 is 4.39 Å². The summed E-state index contributed by atoms with van der Waals surface area (Å²) < 4.78 is 14.8. The van der Waals surface area contributed by atoms with Crippen LogP contribution in [0.25, 0.3) is 0 Å². The summed E-state index contributed by atoms with van der Waals surface area (Å²) in [6, 6.07) is 11.1. The number of nitrogens with zero attached hydrogens (tertiary/aromatic N) is 1. The van der Waals surface area contributed by atoms with E-state index >= 15 is 0 Å². The zero-order valence-corrected chi connectivity index (χ0v) is 13.5. The van der Waals surface area contributed by atoms with E-state index in [1.807, 2.05) is 36.2 Å². The fourth-order valence-corrected chi connectivity index (χ4v) is 2.65. The lowest BCUT2D eigenvalue weighted by molar-refractivity contribution is 0.621. The summed E-state index contributed by atoms with van der Waals surface area (Å²) in [5.74, 6) is -0.350. The van der Waals surface area contributed by atoms with Crippen molar-refractivity contribution in [2.45, 2.75) is 6.54 Å². The first-order valence-corrected chi connectivity index (χ1v) is 7.26. The van der Waals surface area contributed by atoms with E-state index in [0.717, 1.165) is 15.7 Å². The minimum absolute atomic E-state index is 0.350. The predicted octanol–water partition coefficient (Wildman–Crippen LogP) is 4.57. The van der Waals surface area contributed by atoms with Crippen molar-refractivity contribution in [1.82, 2.24) is 0 Å². The van der Waals surface area contributed by atoms with Gasteiger partial charge in [-0.25, -0.2) is 4.39 Å². The van der Waals surface area contributed by atoms with Gasteiger partial charge in [-0.1, -0.05) is 28.1 Å². The molecule has 2 aromatic rings. The molecule has 0 fully saturated rings. The van der Waals surface area contributed by atoms with Crippen molar-refractivity contribution in [3.63, 3.8) is 0 Å². The van der Waals surface area contributed by atoms with Gasteiger partial charge in [0, 0.05) is 24.1 Å². The van der Waals surface area contributed by atoms with Crippen LogP contribution in [0.15, 0.2) is 45.3 Å². The molecule has 0 heterocycles. The first kappa shape index (κ1) is 14.3. The Balaban J connectivity index is 2.25. The van der Waals surface area contributed by atoms with Crippen LogP contribution in [0.5, 0.6) is 0 Å². The van der Waals surface area contributed by atoms with Gasteiger partial charge in [0.25, 0.3) is 0 Å². The number of hydrogen-bond acceptors (Lipinski definition) is 2. The molecular formula is C14H13Br2FN2. The van der Waals surface area contributed by atoms with Gasteiger partial charge in [0.1, 0.15) is 5.82 Å². The van der Waals surface area contributed by atoms with E-state index in [2.05, 4.69) is 31.9 Å². The highest BCUT2D eigenvalue weighted by Crippen LogP contribution is 2.30. The van der Waals surface area contributed by atoms with Crippen molar-refractivity contribution in [3.8, 4) is 0 Å². The van der Waals surface area contributed by atoms with Crippen LogP contribution in [0.1, 0.15) is 5.56 Å². The highest BCUT2D eigenvalue weighted by Gasteiger charge is 2.10. The van der Waals surface area contributed by atoms with Crippen molar-refractivity contribution in [3.05, 3.63) is 56.7 Å². The molecule has 0 saturated carbocycles. The maximum absolute atomic E-state index is 13.4. The molecule has 0 aliphatic rings. The topological polar surface area (TPSA) is 29.3 Å². The number of halogens is 3. The second kappa shape index (κ2) is 5.92. The van der Waals surface area contributed by atoms with E-state index in [9.17, 15) is 4.39 Å². The number of rotatable bonds is 3. The van der Waals surface area contributed by atoms with Gasteiger partial charge in [0.15, 0.2) is 0 Å². The fraction of sp³-hybridized carbons (Fsp3) is 0.143. The summed E-state index contributed by atoms with van der Waals surface area (Å²) in [7, 11) is 1.93. The van der Waals surface area contributed by atoms with E-state index in [1.54, 1.807) is 6.07 Å². The molecule has 19 heavy (non-hydrogen) atoms. The number of nitrogens with two attached hydrogens (primary N) is 1. The highest BCUT2D eigenvalue weighted by molar-refractivity contribution is 9.10. The van der Waals surface area contributed by atoms with Gasteiger partial charge >= 0.3 is 0 Å². The average Bonchev–Trinajstić information content (AvgIpc) is 2.33. The molecule has 2 rings (SSSR count). The molecule has 0 unspecified atom stereocenters. The van der Waals surface area contributed by atoms with Crippen LogP contribution in [0.4, 0.5) is 15.8 Å². The molecule has 0 atom stereocenters. The summed E-state index contributed by atoms with van der Waals surface area (Å²) in [5.41, 5.74) is 8.24. The van der Waals surface area contributed by atoms with Gasteiger partial charge < -0.3 is 10.6 Å². The Hall–Kier alpha value is -1.07. The maximum Gasteiger partial charge on any atom is 0.139 e. The van der Waals surface area contributed by atoms with E-state index in [0.29, 0.717) is 16.7 Å². The van der Waals surface area contributed by atoms with Gasteiger partial charge in [-0.15, -0.1) is 0 Å². The van der Waals surface area contributed by atoms with Crippen molar-refractivity contribution in [2.24, 2.45) is 0 Å². The molecule has 0 aliphatic carbocycles. The van der Waals surface area contributed by atoms with E-state index in [1.165, 1.54) is 6.07 Å². The van der Waals surface area contributed by atoms with Crippen LogP contribution in [0, 0.1) is 5.82 Å². The van der Waals surface area contributed by atoms with Gasteiger partial charge in [-0.2, -0.15) is 0 Å². The zero-order valence-electron chi connectivity index (χ0n) is 10.3. The highest BCUT2D eigenvalue weighted by atomic mass is 79.9. The SMILES string of the molecule is CN(Cc1cccc(Br)c1)c1cc(Br)c(F)cc1N. The summed E-state index contributed by atoms with van der Waals surface area (Å²) in [6.45, 7) is 0.696. The third kappa shape index (κ3) is 3.48. The quantitative estimate of drug-likeness (QED) is 0.781. The molecule has 100 valence electrons. The second-order valence-electron chi connectivity index (χ2n) is 4.31. The van der Waals surface area contributed by atoms with Gasteiger partial charge in [-0.05, 0) is 39.7 Å². The molecular weight excluding hydrogens is 375 g/mol. The minimum Gasteiger partial charge on any atom is -0.397 e. The van der Waals surface area contributed by atoms with Crippen molar-refractivity contribution >= 4 is 43.2 Å². The Morgan fingerprint density at radius 3 is 2.63 bits per heavy atom. The third-order valence-corrected chi connectivity index (χ3v) is 3.89. The van der Waals surface area contributed by atoms with Gasteiger partial charge in [0.2, 0.25) is 0 Å². The van der Waals surface area contributed by atoms with Crippen LogP contribution in [-0.2, 0) is 6.54 Å². The van der Waals surface area contributed by atoms with Crippen molar-refractivity contribution in [1.29, 1.82) is 0 Å². The minimum atomic E-state index is -0.350. The summed E-state index contributed by atoms with van der Waals surface area (Å²) in [6.07, 6.45) is 0. The summed E-state index contributed by atoms with van der Waals surface area (Å²) in [4.78, 5) is 1.99. The molecule has 0 spiro atoms. The molecule has 0 amide bonds. The molecule has 5 heteroatoms. The van der Waals surface area contributed by atoms with E-state index in [4.69, 9.17) is 5.73 Å². The standard InChI is InChI=1S/C14H13Br2FN2/c1-19(8-9-3-2-4-10(15)5-9)14-6-11(16)12(17)7-13(14)18/h2-7H,8,18H2,1H3. The third-order valence-electron chi connectivity index (χ3n) is 2.79. The molecule has 0 radical (unpaired) electrons. The lowest BCUT2D eigenvalue weighted by atomic mass is 10.2.